The smallest absolute Gasteiger partial charge is 0.301 e. The van der Waals surface area contributed by atoms with E-state index in [0.29, 0.717) is 18.2 Å². The summed E-state index contributed by atoms with van der Waals surface area (Å²) in [5, 5.41) is 0. The molecule has 0 bridgehead atoms. The molecule has 0 aromatic heterocycles. The average Bonchev–Trinajstić information content (AvgIpc) is 2.28. The maximum absolute atomic E-state index is 11.7. The quantitative estimate of drug-likeness (QED) is 0.903. The molecule has 0 saturated heterocycles. The van der Waals surface area contributed by atoms with Crippen LogP contribution in [0.1, 0.15) is 12.5 Å². The van der Waals surface area contributed by atoms with Crippen LogP contribution in [-0.2, 0) is 21.6 Å². The summed E-state index contributed by atoms with van der Waals surface area (Å²) in [4.78, 5) is 4.23. The molecule has 1 aliphatic heterocycles. The zero-order valence-electron chi connectivity index (χ0n) is 10.5. The molecule has 0 atom stereocenters. The van der Waals surface area contributed by atoms with Gasteiger partial charge in [-0.3, -0.25) is 4.72 Å². The molecule has 18 heavy (non-hydrogen) atoms. The molecule has 7 heteroatoms. The first kappa shape index (κ1) is 12.8. The second-order valence-corrected chi connectivity index (χ2v) is 6.04. The lowest BCUT2D eigenvalue weighted by Gasteiger charge is -2.17. The summed E-state index contributed by atoms with van der Waals surface area (Å²) in [5.74, 6) is 0.615. The number of aliphatic imine (C=N–C) groups is 1. The van der Waals surface area contributed by atoms with Gasteiger partial charge in [0.2, 0.25) is 0 Å². The highest BCUT2D eigenvalue weighted by Crippen LogP contribution is 2.27. The van der Waals surface area contributed by atoms with Crippen LogP contribution in [0.25, 0.3) is 0 Å². The molecule has 98 valence electrons. The lowest BCUT2D eigenvalue weighted by atomic mass is 10.1. The summed E-state index contributed by atoms with van der Waals surface area (Å²) in [6.45, 7) is 2.19. The summed E-state index contributed by atoms with van der Waals surface area (Å²) in [6, 6.07) is 5.18. The van der Waals surface area contributed by atoms with Crippen molar-refractivity contribution in [3.8, 4) is 0 Å². The van der Waals surface area contributed by atoms with Crippen LogP contribution in [0.2, 0.25) is 0 Å². The minimum absolute atomic E-state index is 0.405. The van der Waals surface area contributed by atoms with E-state index < -0.39 is 10.2 Å². The second-order valence-electron chi connectivity index (χ2n) is 4.15. The van der Waals surface area contributed by atoms with Crippen LogP contribution in [0, 0.1) is 0 Å². The number of benzene rings is 1. The van der Waals surface area contributed by atoms with Gasteiger partial charge < -0.3 is 4.74 Å². The minimum Gasteiger partial charge on any atom is -0.476 e. The Hall–Kier alpha value is -1.60. The van der Waals surface area contributed by atoms with Crippen LogP contribution >= 0.6 is 0 Å². The molecule has 0 amide bonds. The van der Waals surface area contributed by atoms with Gasteiger partial charge in [0.25, 0.3) is 0 Å². The summed E-state index contributed by atoms with van der Waals surface area (Å²) in [6.07, 6.45) is 0. The summed E-state index contributed by atoms with van der Waals surface area (Å²) >= 11 is 0. The molecule has 1 aliphatic rings. The molecule has 1 heterocycles. The molecule has 0 aliphatic carbocycles. The first-order chi connectivity index (χ1) is 8.38. The maximum Gasteiger partial charge on any atom is 0.301 e. The fourth-order valence-corrected chi connectivity index (χ4v) is 2.11. The Labute approximate surface area is 106 Å². The van der Waals surface area contributed by atoms with E-state index >= 15 is 0 Å². The third-order valence-corrected chi connectivity index (χ3v) is 3.98. The molecular formula is C11H15N3O3S. The SMILES string of the molecule is CC1=Nc2ccc(NS(=O)(=O)N(C)C)cc2CO1. The molecule has 0 fully saturated rings. The van der Waals surface area contributed by atoms with E-state index in [1.807, 2.05) is 0 Å². The van der Waals surface area contributed by atoms with Gasteiger partial charge in [-0.15, -0.1) is 0 Å². The predicted molar refractivity (Wildman–Crippen MR) is 70.2 cm³/mol. The van der Waals surface area contributed by atoms with Crippen molar-refractivity contribution in [1.29, 1.82) is 0 Å². The molecule has 0 radical (unpaired) electrons. The number of anilines is 1. The molecule has 0 unspecified atom stereocenters. The second kappa shape index (κ2) is 4.58. The van der Waals surface area contributed by atoms with Crippen molar-refractivity contribution in [1.82, 2.24) is 4.31 Å². The van der Waals surface area contributed by atoms with E-state index in [0.717, 1.165) is 15.6 Å². The van der Waals surface area contributed by atoms with Gasteiger partial charge in [-0.1, -0.05) is 0 Å². The van der Waals surface area contributed by atoms with Crippen LogP contribution in [0.15, 0.2) is 23.2 Å². The van der Waals surface area contributed by atoms with Crippen molar-refractivity contribution in [2.45, 2.75) is 13.5 Å². The Morgan fingerprint density at radius 3 is 2.78 bits per heavy atom. The van der Waals surface area contributed by atoms with Crippen LogP contribution in [0.5, 0.6) is 0 Å². The Morgan fingerprint density at radius 2 is 2.11 bits per heavy atom. The highest BCUT2D eigenvalue weighted by Gasteiger charge is 2.15. The van der Waals surface area contributed by atoms with Gasteiger partial charge in [0.15, 0.2) is 5.90 Å². The number of nitrogens with one attached hydrogen (secondary N) is 1. The monoisotopic (exact) mass is 269 g/mol. The zero-order valence-corrected chi connectivity index (χ0v) is 11.3. The largest absolute Gasteiger partial charge is 0.476 e. The number of hydrogen-bond donors (Lipinski definition) is 1. The molecule has 1 N–H and O–H groups in total. The number of hydrogen-bond acceptors (Lipinski definition) is 4. The van der Waals surface area contributed by atoms with Crippen molar-refractivity contribution < 1.29 is 13.2 Å². The molecule has 6 nitrogen and oxygen atoms in total. The van der Waals surface area contributed by atoms with E-state index in [-0.39, 0.29) is 0 Å². The zero-order chi connectivity index (χ0) is 13.3. The van der Waals surface area contributed by atoms with Crippen LogP contribution in [0.3, 0.4) is 0 Å². The maximum atomic E-state index is 11.7. The fraction of sp³-hybridized carbons (Fsp3) is 0.364. The standard InChI is InChI=1S/C11H15N3O3S/c1-8-12-11-5-4-10(6-9(11)7-17-8)13-18(15,16)14(2)3/h4-6,13H,7H2,1-3H3. The summed E-state index contributed by atoms with van der Waals surface area (Å²) in [7, 11) is -0.542. The van der Waals surface area contributed by atoms with E-state index in [4.69, 9.17) is 4.74 Å². The highest BCUT2D eigenvalue weighted by molar-refractivity contribution is 7.90. The Morgan fingerprint density at radius 1 is 1.39 bits per heavy atom. The molecule has 1 aromatic carbocycles. The van der Waals surface area contributed by atoms with E-state index in [1.54, 1.807) is 25.1 Å². The molecule has 0 spiro atoms. The normalized spacial score (nSPS) is 14.8. The Bertz CT molecular complexity index is 594. The Balaban J connectivity index is 2.28. The Kier molecular flexibility index (Phi) is 3.27. The topological polar surface area (TPSA) is 71.0 Å². The number of rotatable bonds is 3. The van der Waals surface area contributed by atoms with Crippen molar-refractivity contribution in [3.05, 3.63) is 23.8 Å². The third-order valence-electron chi connectivity index (χ3n) is 2.52. The van der Waals surface area contributed by atoms with Gasteiger partial charge in [0, 0.05) is 26.6 Å². The molecule has 0 saturated carbocycles. The summed E-state index contributed by atoms with van der Waals surface area (Å²) in [5.41, 5.74) is 2.17. The van der Waals surface area contributed by atoms with Crippen molar-refractivity contribution in [2.75, 3.05) is 18.8 Å². The molecule has 1 aromatic rings. The van der Waals surface area contributed by atoms with Crippen LogP contribution in [0.4, 0.5) is 11.4 Å². The van der Waals surface area contributed by atoms with E-state index in [2.05, 4.69) is 9.71 Å². The minimum atomic E-state index is -3.48. The van der Waals surface area contributed by atoms with E-state index in [1.165, 1.54) is 14.1 Å². The van der Waals surface area contributed by atoms with E-state index in [9.17, 15) is 8.42 Å². The fourth-order valence-electron chi connectivity index (χ4n) is 1.50. The van der Waals surface area contributed by atoms with Gasteiger partial charge in [0.1, 0.15) is 6.61 Å². The highest BCUT2D eigenvalue weighted by atomic mass is 32.2. The van der Waals surface area contributed by atoms with Crippen LogP contribution < -0.4 is 4.72 Å². The third kappa shape index (κ3) is 2.62. The van der Waals surface area contributed by atoms with Gasteiger partial charge >= 0.3 is 10.2 Å². The van der Waals surface area contributed by atoms with Crippen LogP contribution in [-0.4, -0.2) is 32.7 Å². The van der Waals surface area contributed by atoms with Crippen molar-refractivity contribution in [2.24, 2.45) is 4.99 Å². The average molecular weight is 269 g/mol. The number of ether oxygens (including phenoxy) is 1. The first-order valence-electron chi connectivity index (χ1n) is 5.40. The summed E-state index contributed by atoms with van der Waals surface area (Å²) < 4.78 is 32.2. The number of nitrogens with zero attached hydrogens (tertiary/aromatic N) is 2. The van der Waals surface area contributed by atoms with Gasteiger partial charge in [-0.2, -0.15) is 12.7 Å². The van der Waals surface area contributed by atoms with Gasteiger partial charge in [-0.25, -0.2) is 4.99 Å². The van der Waals surface area contributed by atoms with Gasteiger partial charge in [-0.05, 0) is 18.2 Å². The molecule has 2 rings (SSSR count). The van der Waals surface area contributed by atoms with Crippen molar-refractivity contribution >= 4 is 27.5 Å². The lowest BCUT2D eigenvalue weighted by Crippen LogP contribution is -2.28. The predicted octanol–water partition coefficient (Wildman–Crippen LogP) is 1.49. The van der Waals surface area contributed by atoms with Crippen molar-refractivity contribution in [3.63, 3.8) is 0 Å². The van der Waals surface area contributed by atoms with Gasteiger partial charge in [0.05, 0.1) is 11.4 Å². The number of fused-ring (bicyclic) bond motifs is 1. The molecular weight excluding hydrogens is 254 g/mol. The first-order valence-corrected chi connectivity index (χ1v) is 6.84. The lowest BCUT2D eigenvalue weighted by molar-refractivity contribution is 0.284.